The molecule has 3 heterocycles. The third-order valence-corrected chi connectivity index (χ3v) is 7.23. The number of carbonyl (C=O) groups is 2. The number of carbonyl (C=O) groups excluding carboxylic acids is 2. The van der Waals surface area contributed by atoms with Crippen molar-refractivity contribution in [1.82, 2.24) is 19.4 Å². The first-order valence-corrected chi connectivity index (χ1v) is 10.6. The summed E-state index contributed by atoms with van der Waals surface area (Å²) in [6.45, 7) is 6.43. The number of piperidine rings is 2. The van der Waals surface area contributed by atoms with Crippen LogP contribution >= 0.6 is 0 Å². The zero-order valence-corrected chi connectivity index (χ0v) is 16.7. The topological polar surface area (TPSA) is 58.4 Å². The number of nitrogens with zero attached hydrogens (tertiary/aromatic N) is 4. The number of hydrogen-bond donors (Lipinski definition) is 0. The Morgan fingerprint density at radius 3 is 2.56 bits per heavy atom. The van der Waals surface area contributed by atoms with Crippen molar-refractivity contribution >= 4 is 11.8 Å². The summed E-state index contributed by atoms with van der Waals surface area (Å²) in [5, 5.41) is 0. The number of aryl methyl sites for hydroxylation is 1. The van der Waals surface area contributed by atoms with E-state index in [-0.39, 0.29) is 17.4 Å². The number of amides is 2. The van der Waals surface area contributed by atoms with Crippen molar-refractivity contribution < 1.29 is 9.59 Å². The van der Waals surface area contributed by atoms with Gasteiger partial charge in [-0.05, 0) is 51.4 Å². The molecule has 2 saturated heterocycles. The Labute approximate surface area is 161 Å². The third-order valence-electron chi connectivity index (χ3n) is 7.23. The van der Waals surface area contributed by atoms with Crippen LogP contribution in [0.1, 0.15) is 70.2 Å². The first-order valence-electron chi connectivity index (χ1n) is 10.6. The Hall–Kier alpha value is -1.85. The average Bonchev–Trinajstić information content (AvgIpc) is 3.35. The van der Waals surface area contributed by atoms with E-state index in [1.54, 1.807) is 6.20 Å². The Kier molecular flexibility index (Phi) is 4.99. The molecule has 0 radical (unpaired) electrons. The molecule has 1 spiro atoms. The summed E-state index contributed by atoms with van der Waals surface area (Å²) in [6.07, 6.45) is 12.2. The Morgan fingerprint density at radius 1 is 1.22 bits per heavy atom. The zero-order valence-electron chi connectivity index (χ0n) is 16.7. The van der Waals surface area contributed by atoms with Gasteiger partial charge in [-0.3, -0.25) is 9.59 Å². The fourth-order valence-corrected chi connectivity index (χ4v) is 5.38. The number of imidazole rings is 1. The van der Waals surface area contributed by atoms with Crippen LogP contribution in [0.15, 0.2) is 12.4 Å². The van der Waals surface area contributed by atoms with E-state index in [0.717, 1.165) is 44.7 Å². The molecule has 0 aromatic carbocycles. The molecule has 1 saturated carbocycles. The molecule has 3 fully saturated rings. The summed E-state index contributed by atoms with van der Waals surface area (Å²) >= 11 is 0. The van der Waals surface area contributed by atoms with Crippen molar-refractivity contribution in [3.8, 4) is 0 Å². The van der Waals surface area contributed by atoms with Crippen LogP contribution in [0.3, 0.4) is 0 Å². The van der Waals surface area contributed by atoms with Crippen molar-refractivity contribution in [2.75, 3.05) is 19.6 Å². The minimum absolute atomic E-state index is 0.186. The SMILES string of the molecule is Cc1nccn1[C@@H](C)C(=O)N1CCC2(CCC(=O)N(C3CCCC3)C2)CC1. The lowest BCUT2D eigenvalue weighted by atomic mass is 9.72. The van der Waals surface area contributed by atoms with E-state index in [1.165, 1.54) is 25.7 Å². The van der Waals surface area contributed by atoms with Gasteiger partial charge < -0.3 is 14.4 Å². The predicted octanol–water partition coefficient (Wildman–Crippen LogP) is 2.93. The van der Waals surface area contributed by atoms with Gasteiger partial charge in [-0.25, -0.2) is 4.98 Å². The smallest absolute Gasteiger partial charge is 0.245 e. The van der Waals surface area contributed by atoms with Gasteiger partial charge in [-0.15, -0.1) is 0 Å². The Morgan fingerprint density at radius 2 is 1.93 bits per heavy atom. The van der Waals surface area contributed by atoms with Crippen LogP contribution in [0.4, 0.5) is 0 Å². The van der Waals surface area contributed by atoms with Gasteiger partial charge in [0.05, 0.1) is 0 Å². The number of aromatic nitrogens is 2. The first kappa shape index (κ1) is 18.5. The zero-order chi connectivity index (χ0) is 19.0. The number of rotatable bonds is 3. The summed E-state index contributed by atoms with van der Waals surface area (Å²) in [5.74, 6) is 1.42. The highest BCUT2D eigenvalue weighted by Crippen LogP contribution is 2.42. The molecule has 2 amide bonds. The number of hydrogen-bond acceptors (Lipinski definition) is 3. The van der Waals surface area contributed by atoms with Gasteiger partial charge in [0.25, 0.3) is 0 Å². The molecule has 2 aliphatic heterocycles. The van der Waals surface area contributed by atoms with Gasteiger partial charge in [0.2, 0.25) is 11.8 Å². The van der Waals surface area contributed by atoms with E-state index in [4.69, 9.17) is 0 Å². The van der Waals surface area contributed by atoms with E-state index in [0.29, 0.717) is 18.4 Å². The van der Waals surface area contributed by atoms with Crippen LogP contribution in [0.25, 0.3) is 0 Å². The average molecular weight is 373 g/mol. The standard InChI is InChI=1S/C21H32N4O2/c1-16(24-14-11-22-17(24)2)20(27)23-12-9-21(10-13-23)8-7-19(26)25(15-21)18-5-3-4-6-18/h11,14,16,18H,3-10,12-13,15H2,1-2H3/t16-/m0/s1. The van der Waals surface area contributed by atoms with Gasteiger partial charge in [0.15, 0.2) is 0 Å². The van der Waals surface area contributed by atoms with Gasteiger partial charge in [0.1, 0.15) is 11.9 Å². The first-order chi connectivity index (χ1) is 13.0. The van der Waals surface area contributed by atoms with E-state index in [9.17, 15) is 9.59 Å². The second-order valence-corrected chi connectivity index (χ2v) is 8.84. The summed E-state index contributed by atoms with van der Waals surface area (Å²) in [4.78, 5) is 33.9. The van der Waals surface area contributed by atoms with Crippen molar-refractivity contribution in [2.45, 2.75) is 77.3 Å². The molecule has 27 heavy (non-hydrogen) atoms. The lowest BCUT2D eigenvalue weighted by Gasteiger charge is -2.49. The van der Waals surface area contributed by atoms with Gasteiger partial charge >= 0.3 is 0 Å². The molecular formula is C21H32N4O2. The van der Waals surface area contributed by atoms with Crippen molar-refractivity contribution in [2.24, 2.45) is 5.41 Å². The molecule has 3 aliphatic rings. The Balaban J connectivity index is 1.38. The molecule has 1 aromatic rings. The van der Waals surface area contributed by atoms with Crippen LogP contribution in [0.5, 0.6) is 0 Å². The summed E-state index contributed by atoms with van der Waals surface area (Å²) in [7, 11) is 0. The molecule has 0 bridgehead atoms. The molecule has 4 rings (SSSR count). The highest BCUT2D eigenvalue weighted by atomic mass is 16.2. The van der Waals surface area contributed by atoms with Gasteiger partial charge in [-0.2, -0.15) is 0 Å². The molecular weight excluding hydrogens is 340 g/mol. The van der Waals surface area contributed by atoms with Crippen molar-refractivity contribution in [3.63, 3.8) is 0 Å². The maximum absolute atomic E-state index is 13.0. The molecule has 0 unspecified atom stereocenters. The highest BCUT2D eigenvalue weighted by Gasteiger charge is 2.44. The molecule has 1 aliphatic carbocycles. The van der Waals surface area contributed by atoms with Crippen molar-refractivity contribution in [3.05, 3.63) is 18.2 Å². The lowest BCUT2D eigenvalue weighted by Crippen LogP contribution is -2.55. The van der Waals surface area contributed by atoms with Crippen LogP contribution < -0.4 is 0 Å². The molecule has 6 nitrogen and oxygen atoms in total. The lowest BCUT2D eigenvalue weighted by molar-refractivity contribution is -0.145. The van der Waals surface area contributed by atoms with Crippen molar-refractivity contribution in [1.29, 1.82) is 0 Å². The number of likely N-dealkylation sites (tertiary alicyclic amines) is 2. The van der Waals surface area contributed by atoms with Crippen LogP contribution in [0.2, 0.25) is 0 Å². The van der Waals surface area contributed by atoms with Gasteiger partial charge in [-0.1, -0.05) is 12.8 Å². The third kappa shape index (κ3) is 3.50. The van der Waals surface area contributed by atoms with Gasteiger partial charge in [0, 0.05) is 44.5 Å². The molecule has 6 heteroatoms. The van der Waals surface area contributed by atoms with E-state index >= 15 is 0 Å². The van der Waals surface area contributed by atoms with E-state index in [1.807, 2.05) is 29.5 Å². The largest absolute Gasteiger partial charge is 0.341 e. The minimum Gasteiger partial charge on any atom is -0.341 e. The van der Waals surface area contributed by atoms with Crippen LogP contribution in [-0.4, -0.2) is 56.8 Å². The second kappa shape index (κ2) is 7.28. The molecule has 1 atom stereocenters. The predicted molar refractivity (Wildman–Crippen MR) is 103 cm³/mol. The summed E-state index contributed by atoms with van der Waals surface area (Å²) in [6, 6.07) is 0.267. The maximum Gasteiger partial charge on any atom is 0.245 e. The molecule has 0 N–H and O–H groups in total. The van der Waals surface area contributed by atoms with Crippen LogP contribution in [0, 0.1) is 12.3 Å². The van der Waals surface area contributed by atoms with E-state index < -0.39 is 0 Å². The highest BCUT2D eigenvalue weighted by molar-refractivity contribution is 5.80. The van der Waals surface area contributed by atoms with Crippen LogP contribution in [-0.2, 0) is 9.59 Å². The maximum atomic E-state index is 13.0. The second-order valence-electron chi connectivity index (χ2n) is 8.84. The fraction of sp³-hybridized carbons (Fsp3) is 0.762. The Bertz CT molecular complexity index is 699. The molecule has 148 valence electrons. The fourth-order valence-electron chi connectivity index (χ4n) is 5.38. The summed E-state index contributed by atoms with van der Waals surface area (Å²) in [5.41, 5.74) is 0.224. The molecule has 1 aromatic heterocycles. The minimum atomic E-state index is -0.204. The van der Waals surface area contributed by atoms with E-state index in [2.05, 4.69) is 9.88 Å². The normalized spacial score (nSPS) is 24.6. The quantitative estimate of drug-likeness (QED) is 0.820. The monoisotopic (exact) mass is 372 g/mol. The summed E-state index contributed by atoms with van der Waals surface area (Å²) < 4.78 is 1.95.